The smallest absolute Gasteiger partial charge is 0.301 e. The molecule has 5 nitrogen and oxygen atoms in total. The summed E-state index contributed by atoms with van der Waals surface area (Å²) >= 11 is 0. The van der Waals surface area contributed by atoms with Crippen LogP contribution in [0, 0.1) is 12.8 Å². The molecule has 112 valence electrons. The third-order valence-corrected chi connectivity index (χ3v) is 3.72. The highest BCUT2D eigenvalue weighted by molar-refractivity contribution is 5.92. The number of aryl methyl sites for hydroxylation is 1. The highest BCUT2D eigenvalue weighted by Crippen LogP contribution is 2.29. The Bertz CT molecular complexity index is 464. The van der Waals surface area contributed by atoms with Gasteiger partial charge in [0.2, 0.25) is 0 Å². The molecule has 0 unspecified atom stereocenters. The summed E-state index contributed by atoms with van der Waals surface area (Å²) in [5.41, 5.74) is 2.95. The molecule has 1 aromatic heterocycles. The van der Waals surface area contributed by atoms with Crippen LogP contribution < -0.4 is 11.3 Å². The summed E-state index contributed by atoms with van der Waals surface area (Å²) in [7, 11) is 0. The van der Waals surface area contributed by atoms with Crippen LogP contribution >= 0.6 is 0 Å². The van der Waals surface area contributed by atoms with E-state index in [0.717, 1.165) is 24.4 Å². The molecule has 1 aliphatic rings. The first kappa shape index (κ1) is 15.1. The summed E-state index contributed by atoms with van der Waals surface area (Å²) < 4.78 is 5.65. The van der Waals surface area contributed by atoms with Crippen molar-refractivity contribution in [2.45, 2.75) is 52.6 Å². The van der Waals surface area contributed by atoms with Crippen LogP contribution in [0.5, 0.6) is 0 Å². The maximum atomic E-state index is 11.6. The van der Waals surface area contributed by atoms with Gasteiger partial charge in [-0.25, -0.2) is 5.84 Å². The van der Waals surface area contributed by atoms with Crippen molar-refractivity contribution in [3.05, 3.63) is 23.2 Å². The Hall–Kier alpha value is -1.33. The molecule has 1 aliphatic carbocycles. The molecule has 0 spiro atoms. The Morgan fingerprint density at radius 2 is 2.25 bits per heavy atom. The molecular formula is C15H25N3O2. The van der Waals surface area contributed by atoms with Crippen LogP contribution in [0.3, 0.4) is 0 Å². The van der Waals surface area contributed by atoms with Crippen LogP contribution in [-0.2, 0) is 6.54 Å². The number of nitrogens with two attached hydrogens (primary N) is 1. The van der Waals surface area contributed by atoms with Gasteiger partial charge in [-0.05, 0) is 44.7 Å². The number of hydrazine groups is 1. The van der Waals surface area contributed by atoms with E-state index in [0.29, 0.717) is 17.7 Å². The van der Waals surface area contributed by atoms with E-state index in [2.05, 4.69) is 24.2 Å². The molecule has 5 heteroatoms. The number of furan rings is 1. The molecular weight excluding hydrogens is 254 g/mol. The van der Waals surface area contributed by atoms with Gasteiger partial charge in [0.15, 0.2) is 5.76 Å². The molecule has 3 N–H and O–H groups in total. The second-order valence-electron chi connectivity index (χ2n) is 6.08. The molecule has 0 aromatic carbocycles. The normalized spacial score (nSPS) is 15.1. The van der Waals surface area contributed by atoms with Crippen molar-refractivity contribution in [2.24, 2.45) is 11.8 Å². The summed E-state index contributed by atoms with van der Waals surface area (Å²) in [5.74, 6) is 6.65. The van der Waals surface area contributed by atoms with Crippen molar-refractivity contribution in [3.8, 4) is 0 Å². The average Bonchev–Trinajstić information content (AvgIpc) is 3.17. The lowest BCUT2D eigenvalue weighted by Gasteiger charge is -2.21. The van der Waals surface area contributed by atoms with Gasteiger partial charge in [0, 0.05) is 11.6 Å². The molecule has 0 atom stereocenters. The molecule has 1 heterocycles. The van der Waals surface area contributed by atoms with E-state index in [-0.39, 0.29) is 5.91 Å². The van der Waals surface area contributed by atoms with Gasteiger partial charge in [0.05, 0.1) is 6.54 Å². The van der Waals surface area contributed by atoms with Crippen molar-refractivity contribution < 1.29 is 9.21 Å². The average molecular weight is 279 g/mol. The van der Waals surface area contributed by atoms with Gasteiger partial charge >= 0.3 is 5.91 Å². The Labute approximate surface area is 120 Å². The first-order valence-corrected chi connectivity index (χ1v) is 7.35. The Balaban J connectivity index is 2.01. The summed E-state index contributed by atoms with van der Waals surface area (Å²) in [6, 6.07) is 2.63. The predicted octanol–water partition coefficient (Wildman–Crippen LogP) is 2.20. The predicted molar refractivity (Wildman–Crippen MR) is 78.0 cm³/mol. The fourth-order valence-electron chi connectivity index (χ4n) is 2.37. The monoisotopic (exact) mass is 279 g/mol. The molecule has 0 saturated heterocycles. The fourth-order valence-corrected chi connectivity index (χ4v) is 2.37. The van der Waals surface area contributed by atoms with Crippen LogP contribution in [0.4, 0.5) is 0 Å². The molecule has 0 aliphatic heterocycles. The van der Waals surface area contributed by atoms with E-state index in [4.69, 9.17) is 10.3 Å². The Kier molecular flexibility index (Phi) is 4.83. The molecule has 1 amide bonds. The Morgan fingerprint density at radius 3 is 2.80 bits per heavy atom. The third kappa shape index (κ3) is 3.84. The number of nitrogen functional groups attached to an aromatic ring is 1. The molecule has 20 heavy (non-hydrogen) atoms. The largest absolute Gasteiger partial charge is 0.454 e. The second kappa shape index (κ2) is 6.41. The van der Waals surface area contributed by atoms with E-state index < -0.39 is 0 Å². The number of carbonyl (C=O) groups is 1. The van der Waals surface area contributed by atoms with Gasteiger partial charge in [-0.15, -0.1) is 0 Å². The first-order valence-electron chi connectivity index (χ1n) is 7.35. The van der Waals surface area contributed by atoms with Crippen LogP contribution in [0.25, 0.3) is 0 Å². The number of hydrogen-bond donors (Lipinski definition) is 2. The van der Waals surface area contributed by atoms with Crippen molar-refractivity contribution in [3.63, 3.8) is 0 Å². The Morgan fingerprint density at radius 1 is 1.55 bits per heavy atom. The second-order valence-corrected chi connectivity index (χ2v) is 6.08. The summed E-state index contributed by atoms with van der Waals surface area (Å²) in [6.45, 7) is 8.21. The quantitative estimate of drug-likeness (QED) is 0.456. The van der Waals surface area contributed by atoms with Gasteiger partial charge in [-0.3, -0.25) is 15.1 Å². The van der Waals surface area contributed by atoms with Gasteiger partial charge in [-0.1, -0.05) is 13.8 Å². The van der Waals surface area contributed by atoms with E-state index in [1.165, 1.54) is 19.3 Å². The molecule has 0 bridgehead atoms. The lowest BCUT2D eigenvalue weighted by molar-refractivity contribution is 0.0920. The van der Waals surface area contributed by atoms with Crippen LogP contribution in [-0.4, -0.2) is 23.4 Å². The van der Waals surface area contributed by atoms with Gasteiger partial charge in [0.1, 0.15) is 5.76 Å². The van der Waals surface area contributed by atoms with Gasteiger partial charge in [-0.2, -0.15) is 0 Å². The maximum absolute atomic E-state index is 11.6. The van der Waals surface area contributed by atoms with Crippen molar-refractivity contribution >= 4 is 5.91 Å². The summed E-state index contributed by atoms with van der Waals surface area (Å²) in [5, 5.41) is 0. The highest BCUT2D eigenvalue weighted by atomic mass is 16.4. The standard InChI is InChI=1S/C15H25N3O2/c1-10(2)6-7-18(12-4-5-12)9-13-8-11(3)14(20-13)15(19)17-16/h8,10,12H,4-7,9,16H2,1-3H3,(H,17,19). The number of nitrogens with one attached hydrogen (secondary N) is 1. The zero-order chi connectivity index (χ0) is 14.7. The fraction of sp³-hybridized carbons (Fsp3) is 0.667. The SMILES string of the molecule is Cc1cc(CN(CCC(C)C)C2CC2)oc1C(=O)NN. The maximum Gasteiger partial charge on any atom is 0.301 e. The zero-order valence-electron chi connectivity index (χ0n) is 12.6. The number of carbonyl (C=O) groups excluding carboxylic acids is 1. The van der Waals surface area contributed by atoms with Crippen LogP contribution in [0.1, 0.15) is 55.0 Å². The zero-order valence-corrected chi connectivity index (χ0v) is 12.6. The molecule has 2 rings (SSSR count). The molecule has 1 saturated carbocycles. The number of amides is 1. The molecule has 1 aromatic rings. The van der Waals surface area contributed by atoms with E-state index >= 15 is 0 Å². The minimum Gasteiger partial charge on any atom is -0.454 e. The number of nitrogens with zero attached hydrogens (tertiary/aromatic N) is 1. The van der Waals surface area contributed by atoms with Gasteiger partial charge < -0.3 is 4.42 Å². The lowest BCUT2D eigenvalue weighted by atomic mass is 10.1. The van der Waals surface area contributed by atoms with Crippen LogP contribution in [0.15, 0.2) is 10.5 Å². The van der Waals surface area contributed by atoms with Gasteiger partial charge in [0.25, 0.3) is 0 Å². The summed E-state index contributed by atoms with van der Waals surface area (Å²) in [6.07, 6.45) is 3.73. The lowest BCUT2D eigenvalue weighted by Crippen LogP contribution is -2.30. The van der Waals surface area contributed by atoms with Crippen molar-refractivity contribution in [2.75, 3.05) is 6.54 Å². The first-order chi connectivity index (χ1) is 9.51. The van der Waals surface area contributed by atoms with E-state index in [9.17, 15) is 4.79 Å². The number of hydrogen-bond acceptors (Lipinski definition) is 4. The van der Waals surface area contributed by atoms with Crippen molar-refractivity contribution in [1.29, 1.82) is 0 Å². The highest BCUT2D eigenvalue weighted by Gasteiger charge is 2.29. The summed E-state index contributed by atoms with van der Waals surface area (Å²) in [4.78, 5) is 14.0. The minimum absolute atomic E-state index is 0.321. The van der Waals surface area contributed by atoms with Crippen molar-refractivity contribution in [1.82, 2.24) is 10.3 Å². The third-order valence-electron chi connectivity index (χ3n) is 3.72. The van der Waals surface area contributed by atoms with Crippen LogP contribution in [0.2, 0.25) is 0 Å². The number of rotatable bonds is 7. The minimum atomic E-state index is -0.367. The van der Waals surface area contributed by atoms with E-state index in [1.54, 1.807) is 0 Å². The topological polar surface area (TPSA) is 71.5 Å². The molecule has 1 fully saturated rings. The van der Waals surface area contributed by atoms with E-state index in [1.807, 2.05) is 13.0 Å². The molecule has 0 radical (unpaired) electrons.